The van der Waals surface area contributed by atoms with E-state index in [2.05, 4.69) is 21.3 Å². The summed E-state index contributed by atoms with van der Waals surface area (Å²) in [6.45, 7) is 9.11. The molecule has 8 nitrogen and oxygen atoms in total. The molecule has 0 bridgehead atoms. The Bertz CT molecular complexity index is 280. The predicted octanol–water partition coefficient (Wildman–Crippen LogP) is 0.635. The average Bonchev–Trinajstić information content (AvgIpc) is 2.67. The molecular formula is C18H38N4O4. The first-order valence-electron chi connectivity index (χ1n) is 9.89. The van der Waals surface area contributed by atoms with Crippen molar-refractivity contribution < 1.29 is 19.8 Å². The Hall–Kier alpha value is -1.22. The second kappa shape index (κ2) is 20.1. The van der Waals surface area contributed by atoms with Crippen LogP contribution in [0.1, 0.15) is 51.4 Å². The highest BCUT2D eigenvalue weighted by Crippen LogP contribution is 2.08. The fourth-order valence-electron chi connectivity index (χ4n) is 2.47. The highest BCUT2D eigenvalue weighted by molar-refractivity contribution is 5.66. The number of rotatable bonds is 9. The van der Waals surface area contributed by atoms with Gasteiger partial charge in [0.25, 0.3) is 0 Å². The number of aliphatic carboxylic acids is 2. The van der Waals surface area contributed by atoms with Crippen molar-refractivity contribution in [2.75, 3.05) is 52.4 Å². The number of unbranched alkanes of at least 4 members (excludes halogenated alkanes) is 5. The molecule has 0 aromatic heterocycles. The van der Waals surface area contributed by atoms with Gasteiger partial charge < -0.3 is 31.5 Å². The van der Waals surface area contributed by atoms with E-state index in [1.54, 1.807) is 0 Å². The molecule has 0 aliphatic carbocycles. The van der Waals surface area contributed by atoms with Crippen LogP contribution in [0.4, 0.5) is 0 Å². The molecule has 2 rings (SSSR count). The van der Waals surface area contributed by atoms with Crippen molar-refractivity contribution in [3.8, 4) is 0 Å². The van der Waals surface area contributed by atoms with Gasteiger partial charge in [0.05, 0.1) is 0 Å². The van der Waals surface area contributed by atoms with Gasteiger partial charge in [-0.25, -0.2) is 0 Å². The minimum absolute atomic E-state index is 0.245. The van der Waals surface area contributed by atoms with E-state index in [4.69, 9.17) is 10.2 Å². The van der Waals surface area contributed by atoms with E-state index in [0.29, 0.717) is 0 Å². The van der Waals surface area contributed by atoms with Crippen molar-refractivity contribution in [1.82, 2.24) is 21.3 Å². The first kappa shape index (κ1) is 24.8. The van der Waals surface area contributed by atoms with Crippen LogP contribution in [0.15, 0.2) is 0 Å². The molecular weight excluding hydrogens is 336 g/mol. The molecule has 2 aliphatic rings. The zero-order valence-corrected chi connectivity index (χ0v) is 16.0. The van der Waals surface area contributed by atoms with Gasteiger partial charge in [-0.1, -0.05) is 25.7 Å². The lowest BCUT2D eigenvalue weighted by molar-refractivity contribution is -0.138. The summed E-state index contributed by atoms with van der Waals surface area (Å²) in [5, 5.41) is 29.6. The van der Waals surface area contributed by atoms with Gasteiger partial charge in [-0.2, -0.15) is 0 Å². The third-order valence-electron chi connectivity index (χ3n) is 3.95. The molecule has 0 spiro atoms. The van der Waals surface area contributed by atoms with E-state index in [9.17, 15) is 9.59 Å². The van der Waals surface area contributed by atoms with E-state index in [0.717, 1.165) is 90.9 Å². The molecule has 2 heterocycles. The Balaban J connectivity index is 0.000000421. The van der Waals surface area contributed by atoms with Gasteiger partial charge in [-0.15, -0.1) is 0 Å². The molecule has 0 aromatic rings. The number of nitrogens with one attached hydrogen (secondary N) is 4. The second-order valence-electron chi connectivity index (χ2n) is 6.41. The van der Waals surface area contributed by atoms with E-state index in [1.165, 1.54) is 0 Å². The minimum atomic E-state index is -0.740. The number of piperazine rings is 2. The molecule has 6 N–H and O–H groups in total. The molecule has 0 unspecified atom stereocenters. The first-order valence-corrected chi connectivity index (χ1v) is 9.89. The van der Waals surface area contributed by atoms with Gasteiger partial charge in [0, 0.05) is 65.2 Å². The van der Waals surface area contributed by atoms with Gasteiger partial charge >= 0.3 is 11.9 Å². The fraction of sp³-hybridized carbons (Fsp3) is 0.889. The van der Waals surface area contributed by atoms with Crippen molar-refractivity contribution in [1.29, 1.82) is 0 Å². The number of hydrogen-bond acceptors (Lipinski definition) is 6. The van der Waals surface area contributed by atoms with Gasteiger partial charge in [0.2, 0.25) is 0 Å². The summed E-state index contributed by atoms with van der Waals surface area (Å²) in [5.74, 6) is -1.48. The normalized spacial score (nSPS) is 16.5. The van der Waals surface area contributed by atoms with Crippen LogP contribution in [0.25, 0.3) is 0 Å². The number of carboxylic acid groups (broad SMARTS) is 2. The maximum atomic E-state index is 10.1. The largest absolute Gasteiger partial charge is 0.481 e. The Labute approximate surface area is 157 Å². The van der Waals surface area contributed by atoms with Crippen molar-refractivity contribution in [2.45, 2.75) is 51.4 Å². The lowest BCUT2D eigenvalue weighted by atomic mass is 10.1. The Morgan fingerprint density at radius 2 is 0.731 bits per heavy atom. The maximum absolute atomic E-state index is 10.1. The summed E-state index contributed by atoms with van der Waals surface area (Å²) < 4.78 is 0. The topological polar surface area (TPSA) is 123 Å². The van der Waals surface area contributed by atoms with Crippen LogP contribution < -0.4 is 21.3 Å². The van der Waals surface area contributed by atoms with E-state index in [-0.39, 0.29) is 12.8 Å². The van der Waals surface area contributed by atoms with Crippen molar-refractivity contribution in [3.05, 3.63) is 0 Å². The quantitative estimate of drug-likeness (QED) is 0.325. The predicted molar refractivity (Wildman–Crippen MR) is 104 cm³/mol. The lowest BCUT2D eigenvalue weighted by Crippen LogP contribution is -2.39. The minimum Gasteiger partial charge on any atom is -0.481 e. The second-order valence-corrected chi connectivity index (χ2v) is 6.41. The van der Waals surface area contributed by atoms with E-state index >= 15 is 0 Å². The van der Waals surface area contributed by atoms with Gasteiger partial charge in [-0.05, 0) is 12.8 Å². The van der Waals surface area contributed by atoms with E-state index in [1.807, 2.05) is 0 Å². The SMILES string of the molecule is C1CNCCN1.C1CNCCN1.O=C(O)CCCCCCCCC(=O)O. The summed E-state index contributed by atoms with van der Waals surface area (Å²) in [6, 6.07) is 0. The van der Waals surface area contributed by atoms with Crippen LogP contribution in [0.3, 0.4) is 0 Å². The molecule has 2 fully saturated rings. The van der Waals surface area contributed by atoms with Crippen LogP contribution in [0.5, 0.6) is 0 Å². The molecule has 0 aromatic carbocycles. The molecule has 2 saturated heterocycles. The number of carbonyl (C=O) groups is 2. The average molecular weight is 375 g/mol. The van der Waals surface area contributed by atoms with Crippen molar-refractivity contribution >= 4 is 11.9 Å². The van der Waals surface area contributed by atoms with Crippen LogP contribution in [0, 0.1) is 0 Å². The van der Waals surface area contributed by atoms with Crippen LogP contribution in [0.2, 0.25) is 0 Å². The third-order valence-corrected chi connectivity index (χ3v) is 3.95. The molecule has 154 valence electrons. The zero-order valence-electron chi connectivity index (χ0n) is 16.0. The van der Waals surface area contributed by atoms with Gasteiger partial charge in [0.15, 0.2) is 0 Å². The molecule has 2 aliphatic heterocycles. The summed E-state index contributed by atoms with van der Waals surface area (Å²) in [6.07, 6.45) is 5.82. The maximum Gasteiger partial charge on any atom is 0.303 e. The zero-order chi connectivity index (χ0) is 19.3. The summed E-state index contributed by atoms with van der Waals surface area (Å²) in [4.78, 5) is 20.3. The molecule has 26 heavy (non-hydrogen) atoms. The highest BCUT2D eigenvalue weighted by atomic mass is 16.4. The first-order chi connectivity index (χ1) is 12.6. The number of hydrogen-bond donors (Lipinski definition) is 6. The lowest BCUT2D eigenvalue weighted by Gasteiger charge is -2.11. The Kier molecular flexibility index (Phi) is 19.2. The van der Waals surface area contributed by atoms with Crippen molar-refractivity contribution in [2.24, 2.45) is 0 Å². The smallest absolute Gasteiger partial charge is 0.303 e. The summed E-state index contributed by atoms with van der Waals surface area (Å²) in [5.41, 5.74) is 0. The number of carboxylic acids is 2. The van der Waals surface area contributed by atoms with Crippen LogP contribution >= 0.6 is 0 Å². The van der Waals surface area contributed by atoms with Gasteiger partial charge in [0.1, 0.15) is 0 Å². The summed E-state index contributed by atoms with van der Waals surface area (Å²) in [7, 11) is 0. The third kappa shape index (κ3) is 22.8. The van der Waals surface area contributed by atoms with Gasteiger partial charge in [-0.3, -0.25) is 9.59 Å². The van der Waals surface area contributed by atoms with E-state index < -0.39 is 11.9 Å². The molecule has 0 amide bonds. The fourth-order valence-corrected chi connectivity index (χ4v) is 2.47. The summed E-state index contributed by atoms with van der Waals surface area (Å²) >= 11 is 0. The Morgan fingerprint density at radius 3 is 0.923 bits per heavy atom. The van der Waals surface area contributed by atoms with Crippen LogP contribution in [-0.2, 0) is 9.59 Å². The standard InChI is InChI=1S/C10H18O4.2C4H10N2/c11-9(12)7-5-3-1-2-4-6-8-10(13)14;2*1-2-6-4-3-5-1/h1-8H2,(H,11,12)(H,13,14);2*5-6H,1-4H2. The molecule has 0 saturated carbocycles. The molecule has 0 atom stereocenters. The van der Waals surface area contributed by atoms with Crippen molar-refractivity contribution in [3.63, 3.8) is 0 Å². The Morgan fingerprint density at radius 1 is 0.500 bits per heavy atom. The molecule has 8 heteroatoms. The highest BCUT2D eigenvalue weighted by Gasteiger charge is 1.98. The monoisotopic (exact) mass is 374 g/mol. The van der Waals surface area contributed by atoms with Crippen LogP contribution in [-0.4, -0.2) is 74.5 Å². The molecule has 0 radical (unpaired) electrons.